The SMILES string of the molecule is COc1cc(C)nc2cc(C)ccc12. The van der Waals surface area contributed by atoms with Crippen LogP contribution >= 0.6 is 0 Å². The van der Waals surface area contributed by atoms with Crippen molar-refractivity contribution in [1.29, 1.82) is 0 Å². The third kappa shape index (κ3) is 1.43. The van der Waals surface area contributed by atoms with Crippen LogP contribution in [0.25, 0.3) is 10.9 Å². The van der Waals surface area contributed by atoms with E-state index in [2.05, 4.69) is 30.1 Å². The smallest absolute Gasteiger partial charge is 0.130 e. The van der Waals surface area contributed by atoms with Crippen LogP contribution in [0, 0.1) is 13.8 Å². The van der Waals surface area contributed by atoms with Crippen LogP contribution < -0.4 is 4.74 Å². The predicted molar refractivity (Wildman–Crippen MR) is 57.8 cm³/mol. The standard InChI is InChI=1S/C12H13NO/c1-8-4-5-10-11(6-8)13-9(2)7-12(10)14-3/h4-7H,1-3H3. The molecule has 2 heteroatoms. The van der Waals surface area contributed by atoms with Crippen molar-refractivity contribution in [2.45, 2.75) is 13.8 Å². The number of hydrogen-bond donors (Lipinski definition) is 0. The van der Waals surface area contributed by atoms with Crippen molar-refractivity contribution < 1.29 is 4.74 Å². The Hall–Kier alpha value is -1.57. The van der Waals surface area contributed by atoms with E-state index in [9.17, 15) is 0 Å². The summed E-state index contributed by atoms with van der Waals surface area (Å²) >= 11 is 0. The van der Waals surface area contributed by atoms with Gasteiger partial charge in [0.05, 0.1) is 12.6 Å². The second-order valence-corrected chi connectivity index (χ2v) is 3.49. The lowest BCUT2D eigenvalue weighted by molar-refractivity contribution is 0.419. The van der Waals surface area contributed by atoms with Gasteiger partial charge < -0.3 is 4.74 Å². The Morgan fingerprint density at radius 1 is 1.14 bits per heavy atom. The lowest BCUT2D eigenvalue weighted by atomic mass is 10.1. The number of aromatic nitrogens is 1. The minimum Gasteiger partial charge on any atom is -0.496 e. The highest BCUT2D eigenvalue weighted by Gasteiger charge is 2.03. The quantitative estimate of drug-likeness (QED) is 0.684. The largest absolute Gasteiger partial charge is 0.496 e. The molecule has 0 aliphatic heterocycles. The van der Waals surface area contributed by atoms with Gasteiger partial charge >= 0.3 is 0 Å². The number of fused-ring (bicyclic) bond motifs is 1. The summed E-state index contributed by atoms with van der Waals surface area (Å²) in [7, 11) is 1.69. The van der Waals surface area contributed by atoms with E-state index < -0.39 is 0 Å². The second kappa shape index (κ2) is 3.29. The number of pyridine rings is 1. The highest BCUT2D eigenvalue weighted by atomic mass is 16.5. The minimum absolute atomic E-state index is 0.896. The Labute approximate surface area is 83.5 Å². The van der Waals surface area contributed by atoms with Gasteiger partial charge in [0.1, 0.15) is 5.75 Å². The number of aryl methyl sites for hydroxylation is 2. The maximum absolute atomic E-state index is 5.31. The summed E-state index contributed by atoms with van der Waals surface area (Å²) < 4.78 is 5.31. The van der Waals surface area contributed by atoms with Gasteiger partial charge in [-0.05, 0) is 31.5 Å². The number of rotatable bonds is 1. The Bertz CT molecular complexity index is 472. The summed E-state index contributed by atoms with van der Waals surface area (Å²) in [6.07, 6.45) is 0. The molecule has 1 aromatic carbocycles. The third-order valence-corrected chi connectivity index (χ3v) is 2.28. The third-order valence-electron chi connectivity index (χ3n) is 2.28. The van der Waals surface area contributed by atoms with E-state index in [1.807, 2.05) is 13.0 Å². The van der Waals surface area contributed by atoms with Crippen LogP contribution in [0.2, 0.25) is 0 Å². The van der Waals surface area contributed by atoms with Gasteiger partial charge in [-0.1, -0.05) is 6.07 Å². The van der Waals surface area contributed by atoms with Crippen molar-refractivity contribution in [1.82, 2.24) is 4.98 Å². The Morgan fingerprint density at radius 2 is 1.93 bits per heavy atom. The molecule has 1 aromatic heterocycles. The fourth-order valence-electron chi connectivity index (χ4n) is 1.60. The summed E-state index contributed by atoms with van der Waals surface area (Å²) in [4.78, 5) is 4.47. The molecule has 2 nitrogen and oxygen atoms in total. The number of methoxy groups -OCH3 is 1. The summed E-state index contributed by atoms with van der Waals surface area (Å²) in [5.41, 5.74) is 3.21. The molecule has 0 atom stereocenters. The highest BCUT2D eigenvalue weighted by Crippen LogP contribution is 2.25. The fourth-order valence-corrected chi connectivity index (χ4v) is 1.60. The first-order valence-electron chi connectivity index (χ1n) is 4.62. The van der Waals surface area contributed by atoms with Crippen LogP contribution in [-0.4, -0.2) is 12.1 Å². The molecule has 0 amide bonds. The summed E-state index contributed by atoms with van der Waals surface area (Å²) in [5, 5.41) is 1.07. The van der Waals surface area contributed by atoms with E-state index >= 15 is 0 Å². The Balaban J connectivity index is 2.81. The Morgan fingerprint density at radius 3 is 2.64 bits per heavy atom. The van der Waals surface area contributed by atoms with Crippen molar-refractivity contribution in [3.8, 4) is 5.75 Å². The maximum atomic E-state index is 5.31. The molecule has 0 N–H and O–H groups in total. The van der Waals surface area contributed by atoms with Gasteiger partial charge in [0.25, 0.3) is 0 Å². The van der Waals surface area contributed by atoms with Crippen LogP contribution in [0.4, 0.5) is 0 Å². The normalized spacial score (nSPS) is 10.5. The van der Waals surface area contributed by atoms with Gasteiger partial charge in [0.15, 0.2) is 0 Å². The number of benzene rings is 1. The minimum atomic E-state index is 0.896. The summed E-state index contributed by atoms with van der Waals surface area (Å²) in [6, 6.07) is 8.15. The average Bonchev–Trinajstić information content (AvgIpc) is 2.15. The van der Waals surface area contributed by atoms with E-state index in [4.69, 9.17) is 4.74 Å². The molecule has 2 rings (SSSR count). The van der Waals surface area contributed by atoms with Gasteiger partial charge in [-0.25, -0.2) is 0 Å². The van der Waals surface area contributed by atoms with Crippen LogP contribution in [0.15, 0.2) is 24.3 Å². The molecular weight excluding hydrogens is 174 g/mol. The molecular formula is C12H13NO. The fraction of sp³-hybridized carbons (Fsp3) is 0.250. The van der Waals surface area contributed by atoms with Crippen molar-refractivity contribution in [2.24, 2.45) is 0 Å². The molecule has 2 aromatic rings. The lowest BCUT2D eigenvalue weighted by Crippen LogP contribution is -1.90. The molecule has 0 aliphatic rings. The molecule has 1 heterocycles. The molecule has 0 aliphatic carbocycles. The van der Waals surface area contributed by atoms with Gasteiger partial charge in [-0.3, -0.25) is 4.98 Å². The number of nitrogens with zero attached hydrogens (tertiary/aromatic N) is 1. The van der Waals surface area contributed by atoms with E-state index in [0.29, 0.717) is 0 Å². The first-order valence-corrected chi connectivity index (χ1v) is 4.62. The van der Waals surface area contributed by atoms with Gasteiger partial charge in [-0.2, -0.15) is 0 Å². The van der Waals surface area contributed by atoms with Crippen LogP contribution in [0.5, 0.6) is 5.75 Å². The van der Waals surface area contributed by atoms with E-state index in [0.717, 1.165) is 22.3 Å². The Kier molecular flexibility index (Phi) is 2.12. The second-order valence-electron chi connectivity index (χ2n) is 3.49. The van der Waals surface area contributed by atoms with E-state index in [1.165, 1.54) is 5.56 Å². The number of hydrogen-bond acceptors (Lipinski definition) is 2. The van der Waals surface area contributed by atoms with Crippen molar-refractivity contribution >= 4 is 10.9 Å². The lowest BCUT2D eigenvalue weighted by Gasteiger charge is -2.06. The molecule has 0 saturated carbocycles. The molecule has 14 heavy (non-hydrogen) atoms. The zero-order valence-electron chi connectivity index (χ0n) is 8.66. The molecule has 0 fully saturated rings. The van der Waals surface area contributed by atoms with Crippen molar-refractivity contribution in [3.05, 3.63) is 35.5 Å². The van der Waals surface area contributed by atoms with E-state index in [1.54, 1.807) is 7.11 Å². The van der Waals surface area contributed by atoms with Crippen LogP contribution in [0.1, 0.15) is 11.3 Å². The molecule has 0 radical (unpaired) electrons. The molecule has 72 valence electrons. The molecule has 0 saturated heterocycles. The van der Waals surface area contributed by atoms with Crippen LogP contribution in [0.3, 0.4) is 0 Å². The first kappa shape index (κ1) is 9.00. The number of ether oxygens (including phenoxy) is 1. The van der Waals surface area contributed by atoms with Gasteiger partial charge in [0.2, 0.25) is 0 Å². The monoisotopic (exact) mass is 187 g/mol. The van der Waals surface area contributed by atoms with Gasteiger partial charge in [-0.15, -0.1) is 0 Å². The zero-order chi connectivity index (χ0) is 10.1. The van der Waals surface area contributed by atoms with Crippen molar-refractivity contribution in [2.75, 3.05) is 7.11 Å². The van der Waals surface area contributed by atoms with Crippen LogP contribution in [-0.2, 0) is 0 Å². The van der Waals surface area contributed by atoms with E-state index in [-0.39, 0.29) is 0 Å². The topological polar surface area (TPSA) is 22.1 Å². The average molecular weight is 187 g/mol. The van der Waals surface area contributed by atoms with Crippen molar-refractivity contribution in [3.63, 3.8) is 0 Å². The van der Waals surface area contributed by atoms with Gasteiger partial charge in [0, 0.05) is 17.1 Å². The molecule has 0 bridgehead atoms. The summed E-state index contributed by atoms with van der Waals surface area (Å²) in [6.45, 7) is 4.04. The highest BCUT2D eigenvalue weighted by molar-refractivity contribution is 5.85. The zero-order valence-corrected chi connectivity index (χ0v) is 8.66. The maximum Gasteiger partial charge on any atom is 0.130 e. The first-order chi connectivity index (χ1) is 6.70. The molecule has 0 unspecified atom stereocenters. The predicted octanol–water partition coefficient (Wildman–Crippen LogP) is 2.86. The molecule has 0 spiro atoms. The summed E-state index contributed by atoms with van der Waals surface area (Å²) in [5.74, 6) is 0.896.